The molecular formula is C40H48NO+. The van der Waals surface area contributed by atoms with Gasteiger partial charge in [0, 0.05) is 17.0 Å². The van der Waals surface area contributed by atoms with Crippen LogP contribution >= 0.6 is 0 Å². The van der Waals surface area contributed by atoms with Crippen molar-refractivity contribution in [3.63, 3.8) is 0 Å². The first-order valence-corrected chi connectivity index (χ1v) is 15.6. The summed E-state index contributed by atoms with van der Waals surface area (Å²) in [6.07, 6.45) is 5.25. The van der Waals surface area contributed by atoms with Crippen LogP contribution in [0.3, 0.4) is 0 Å². The van der Waals surface area contributed by atoms with E-state index in [1.165, 1.54) is 65.8 Å². The van der Waals surface area contributed by atoms with Crippen LogP contribution in [0.15, 0.2) is 54.7 Å². The molecule has 2 heterocycles. The molecule has 42 heavy (non-hydrogen) atoms. The Morgan fingerprint density at radius 2 is 1.21 bits per heavy atom. The van der Waals surface area contributed by atoms with Gasteiger partial charge in [-0.05, 0) is 92.8 Å². The maximum absolute atomic E-state index is 7.27. The molecule has 0 unspecified atom stereocenters. The fourth-order valence-electron chi connectivity index (χ4n) is 7.05. The Labute approximate surface area is 252 Å². The Balaban J connectivity index is 1.72. The van der Waals surface area contributed by atoms with Crippen molar-refractivity contribution in [1.29, 1.82) is 0 Å². The summed E-state index contributed by atoms with van der Waals surface area (Å²) < 4.78 is 9.58. The maximum Gasteiger partial charge on any atom is 0.228 e. The van der Waals surface area contributed by atoms with Gasteiger partial charge < -0.3 is 4.74 Å². The molecule has 0 N–H and O–H groups in total. The third kappa shape index (κ3) is 5.19. The lowest BCUT2D eigenvalue weighted by Gasteiger charge is -2.29. The number of pyridine rings is 1. The highest BCUT2D eigenvalue weighted by Gasteiger charge is 2.35. The molecule has 0 spiro atoms. The quantitative estimate of drug-likeness (QED) is 0.155. The highest BCUT2D eigenvalue weighted by atomic mass is 16.5. The SMILES string of the molecule is Cc1c2c(c(CC(C)(C)C)c3ccc(CC(C)(C)C)cc13)Oc1c3cc(CC(C)(C)C)ccc3cc3cc[n+](C)c-2c13. The monoisotopic (exact) mass is 558 g/mol. The fourth-order valence-corrected chi connectivity index (χ4v) is 7.05. The minimum Gasteiger partial charge on any atom is -0.455 e. The summed E-state index contributed by atoms with van der Waals surface area (Å²) in [5.41, 5.74) is 8.47. The lowest BCUT2D eigenvalue weighted by molar-refractivity contribution is -0.659. The molecule has 0 saturated carbocycles. The number of aryl methyl sites for hydroxylation is 2. The van der Waals surface area contributed by atoms with Crippen molar-refractivity contribution in [3.8, 4) is 22.8 Å². The number of benzene rings is 4. The van der Waals surface area contributed by atoms with E-state index in [9.17, 15) is 0 Å². The first-order valence-electron chi connectivity index (χ1n) is 15.6. The zero-order valence-electron chi connectivity index (χ0n) is 27.7. The zero-order chi connectivity index (χ0) is 30.4. The molecule has 0 amide bonds. The van der Waals surface area contributed by atoms with Gasteiger partial charge in [0.25, 0.3) is 0 Å². The molecule has 1 aliphatic heterocycles. The number of fused-ring (bicyclic) bond motifs is 5. The lowest BCUT2D eigenvalue weighted by atomic mass is 9.80. The Morgan fingerprint density at radius 3 is 1.83 bits per heavy atom. The first kappa shape index (κ1) is 28.7. The molecule has 0 bridgehead atoms. The Morgan fingerprint density at radius 1 is 0.619 bits per heavy atom. The van der Waals surface area contributed by atoms with Crippen molar-refractivity contribution >= 4 is 32.3 Å². The van der Waals surface area contributed by atoms with Crippen LogP contribution in [0.1, 0.15) is 84.6 Å². The summed E-state index contributed by atoms with van der Waals surface area (Å²) in [7, 11) is 2.19. The highest BCUT2D eigenvalue weighted by Crippen LogP contribution is 2.53. The van der Waals surface area contributed by atoms with Gasteiger partial charge in [-0.25, -0.2) is 4.57 Å². The first-order chi connectivity index (χ1) is 19.5. The van der Waals surface area contributed by atoms with E-state index in [-0.39, 0.29) is 16.2 Å². The van der Waals surface area contributed by atoms with Gasteiger partial charge >= 0.3 is 0 Å². The van der Waals surface area contributed by atoms with E-state index in [0.29, 0.717) is 0 Å². The Bertz CT molecular complexity index is 1890. The van der Waals surface area contributed by atoms with Crippen LogP contribution < -0.4 is 9.30 Å². The molecule has 0 atom stereocenters. The number of ether oxygens (including phenoxy) is 1. The molecule has 0 fully saturated rings. The summed E-state index contributed by atoms with van der Waals surface area (Å²) in [6.45, 7) is 23.2. The second-order valence-electron chi connectivity index (χ2n) is 16.5. The molecule has 4 aromatic carbocycles. The van der Waals surface area contributed by atoms with Gasteiger partial charge in [0.1, 0.15) is 18.5 Å². The van der Waals surface area contributed by atoms with Gasteiger partial charge in [0.15, 0.2) is 6.20 Å². The Kier molecular flexibility index (Phi) is 6.54. The minimum absolute atomic E-state index is 0.108. The number of nitrogens with zero attached hydrogens (tertiary/aromatic N) is 1. The lowest BCUT2D eigenvalue weighted by Crippen LogP contribution is -2.32. The largest absolute Gasteiger partial charge is 0.455 e. The molecule has 0 saturated heterocycles. The average molecular weight is 559 g/mol. The van der Waals surface area contributed by atoms with E-state index < -0.39 is 0 Å². The average Bonchev–Trinajstić information content (AvgIpc) is 2.85. The molecule has 1 aromatic heterocycles. The molecule has 218 valence electrons. The van der Waals surface area contributed by atoms with Gasteiger partial charge in [-0.3, -0.25) is 0 Å². The van der Waals surface area contributed by atoms with E-state index in [0.717, 1.165) is 30.8 Å². The van der Waals surface area contributed by atoms with Crippen molar-refractivity contribution in [2.75, 3.05) is 0 Å². The molecule has 6 rings (SSSR count). The standard InChI is InChI=1S/C40H48NO/c1-24-30-18-26(22-39(5,6)7)13-15-29(30)32(23-40(8,9)10)37-33(24)35-34-28(16-17-41(35)11)20-27-14-12-25(21-38(2,3)4)19-31(27)36(34)42-37/h12-20H,21-23H2,1-11H3/q+1. The predicted molar refractivity (Wildman–Crippen MR) is 180 cm³/mol. The normalized spacial score (nSPS) is 13.6. The molecular weight excluding hydrogens is 510 g/mol. The molecule has 2 heteroatoms. The van der Waals surface area contributed by atoms with Crippen molar-refractivity contribution < 1.29 is 9.30 Å². The fraction of sp³-hybridized carbons (Fsp3) is 0.425. The zero-order valence-corrected chi connectivity index (χ0v) is 27.7. The van der Waals surface area contributed by atoms with Gasteiger partial charge in [-0.15, -0.1) is 0 Å². The minimum atomic E-state index is 0.108. The van der Waals surface area contributed by atoms with Crippen LogP contribution in [0.4, 0.5) is 0 Å². The van der Waals surface area contributed by atoms with Gasteiger partial charge in [-0.2, -0.15) is 0 Å². The highest BCUT2D eigenvalue weighted by molar-refractivity contribution is 6.13. The van der Waals surface area contributed by atoms with Crippen LogP contribution in [0.2, 0.25) is 0 Å². The van der Waals surface area contributed by atoms with E-state index in [1.54, 1.807) is 0 Å². The molecule has 0 radical (unpaired) electrons. The molecule has 5 aromatic rings. The molecule has 0 aliphatic carbocycles. The smallest absolute Gasteiger partial charge is 0.228 e. The van der Waals surface area contributed by atoms with Gasteiger partial charge in [0.2, 0.25) is 5.69 Å². The van der Waals surface area contributed by atoms with Crippen LogP contribution in [0.5, 0.6) is 11.5 Å². The summed E-state index contributed by atoms with van der Waals surface area (Å²) in [4.78, 5) is 0. The van der Waals surface area contributed by atoms with Crippen molar-refractivity contribution in [2.24, 2.45) is 23.3 Å². The van der Waals surface area contributed by atoms with Crippen LogP contribution in [0, 0.1) is 23.2 Å². The summed E-state index contributed by atoms with van der Waals surface area (Å²) in [5.74, 6) is 2.05. The number of hydrogen-bond donors (Lipinski definition) is 0. The van der Waals surface area contributed by atoms with Crippen molar-refractivity contribution in [3.05, 3.63) is 77.0 Å². The number of rotatable bonds is 3. The number of hydrogen-bond acceptors (Lipinski definition) is 1. The second kappa shape index (κ2) is 9.56. The van der Waals surface area contributed by atoms with E-state index >= 15 is 0 Å². The van der Waals surface area contributed by atoms with Crippen LogP contribution in [-0.2, 0) is 26.3 Å². The Hall–Kier alpha value is -3.39. The molecule has 1 aliphatic rings. The van der Waals surface area contributed by atoms with E-state index in [2.05, 4.69) is 136 Å². The summed E-state index contributed by atoms with van der Waals surface area (Å²) >= 11 is 0. The summed E-state index contributed by atoms with van der Waals surface area (Å²) in [5, 5.41) is 7.58. The molecule has 2 nitrogen and oxygen atoms in total. The summed E-state index contributed by atoms with van der Waals surface area (Å²) in [6, 6.07) is 18.7. The topological polar surface area (TPSA) is 13.1 Å². The van der Waals surface area contributed by atoms with Crippen molar-refractivity contribution in [2.45, 2.75) is 88.5 Å². The van der Waals surface area contributed by atoms with Crippen molar-refractivity contribution in [1.82, 2.24) is 0 Å². The second-order valence-corrected chi connectivity index (χ2v) is 16.5. The van der Waals surface area contributed by atoms with E-state index in [4.69, 9.17) is 4.74 Å². The van der Waals surface area contributed by atoms with Gasteiger partial charge in [-0.1, -0.05) is 92.6 Å². The number of aromatic nitrogens is 1. The van der Waals surface area contributed by atoms with E-state index in [1.807, 2.05) is 0 Å². The maximum atomic E-state index is 7.27. The van der Waals surface area contributed by atoms with Crippen LogP contribution in [-0.4, -0.2) is 0 Å². The predicted octanol–water partition coefficient (Wildman–Crippen LogP) is 10.8. The van der Waals surface area contributed by atoms with Crippen LogP contribution in [0.25, 0.3) is 43.6 Å². The third-order valence-electron chi connectivity index (χ3n) is 8.56. The third-order valence-corrected chi connectivity index (χ3v) is 8.56. The van der Waals surface area contributed by atoms with Gasteiger partial charge in [0.05, 0.1) is 10.9 Å².